The van der Waals surface area contributed by atoms with Crippen LogP contribution in [0.15, 0.2) is 24.3 Å². The Morgan fingerprint density at radius 3 is 3.00 bits per heavy atom. The highest BCUT2D eigenvalue weighted by atomic mass is 16.5. The van der Waals surface area contributed by atoms with Crippen LogP contribution in [0, 0.1) is 17.2 Å². The maximum atomic E-state index is 9.09. The fourth-order valence-electron chi connectivity index (χ4n) is 2.64. The zero-order chi connectivity index (χ0) is 13.0. The molecule has 0 saturated heterocycles. The molecular weight excluding hydrogens is 224 g/mol. The molecule has 96 valence electrons. The van der Waals surface area contributed by atoms with Crippen molar-refractivity contribution in [1.29, 1.82) is 5.26 Å². The molecule has 0 bridgehead atoms. The summed E-state index contributed by atoms with van der Waals surface area (Å²) in [4.78, 5) is 0. The second-order valence-electron chi connectivity index (χ2n) is 4.94. The van der Waals surface area contributed by atoms with Crippen LogP contribution >= 0.6 is 0 Å². The molecule has 0 amide bonds. The van der Waals surface area contributed by atoms with E-state index < -0.39 is 0 Å². The predicted octanol–water partition coefficient (Wildman–Crippen LogP) is 3.04. The molecule has 0 aromatic heterocycles. The van der Waals surface area contributed by atoms with Gasteiger partial charge in [-0.05, 0) is 37.5 Å². The van der Waals surface area contributed by atoms with Crippen molar-refractivity contribution < 1.29 is 4.74 Å². The number of hydrogen-bond acceptors (Lipinski definition) is 3. The van der Waals surface area contributed by atoms with Gasteiger partial charge >= 0.3 is 0 Å². The molecule has 1 saturated carbocycles. The number of nitrogens with zero attached hydrogens (tertiary/aromatic N) is 1. The summed E-state index contributed by atoms with van der Waals surface area (Å²) in [6.07, 6.45) is 3.28. The Morgan fingerprint density at radius 1 is 1.44 bits per heavy atom. The van der Waals surface area contributed by atoms with Crippen LogP contribution in [0.2, 0.25) is 0 Å². The molecule has 3 unspecified atom stereocenters. The molecule has 3 nitrogen and oxygen atoms in total. The van der Waals surface area contributed by atoms with E-state index >= 15 is 0 Å². The summed E-state index contributed by atoms with van der Waals surface area (Å²) < 4.78 is 5.24. The molecule has 1 aliphatic rings. The van der Waals surface area contributed by atoms with Crippen LogP contribution in [0.4, 0.5) is 0 Å². The Morgan fingerprint density at radius 2 is 2.28 bits per heavy atom. The Bertz CT molecular complexity index is 438. The smallest absolute Gasteiger partial charge is 0.119 e. The highest BCUT2D eigenvalue weighted by molar-refractivity contribution is 5.30. The third-order valence-electron chi connectivity index (χ3n) is 3.74. The fourth-order valence-corrected chi connectivity index (χ4v) is 2.64. The summed E-state index contributed by atoms with van der Waals surface area (Å²) in [6.45, 7) is 2.14. The molecule has 18 heavy (non-hydrogen) atoms. The molecule has 3 heteroatoms. The summed E-state index contributed by atoms with van der Waals surface area (Å²) in [5, 5.41) is 12.7. The first-order valence-electron chi connectivity index (χ1n) is 6.54. The minimum Gasteiger partial charge on any atom is -0.497 e. The Kier molecular flexibility index (Phi) is 4.22. The van der Waals surface area contributed by atoms with Crippen LogP contribution in [0.3, 0.4) is 0 Å². The van der Waals surface area contributed by atoms with Crippen molar-refractivity contribution in [1.82, 2.24) is 5.32 Å². The van der Waals surface area contributed by atoms with E-state index in [-0.39, 0.29) is 12.0 Å². The molecule has 0 radical (unpaired) electrons. The average molecular weight is 244 g/mol. The lowest BCUT2D eigenvalue weighted by atomic mass is 10.0. The molecule has 1 aromatic rings. The minimum atomic E-state index is 0.165. The molecule has 2 rings (SSSR count). The lowest BCUT2D eigenvalue weighted by Crippen LogP contribution is -2.33. The first-order chi connectivity index (χ1) is 8.74. The van der Waals surface area contributed by atoms with Crippen LogP contribution in [-0.2, 0) is 0 Å². The van der Waals surface area contributed by atoms with Gasteiger partial charge in [-0.2, -0.15) is 5.26 Å². The molecule has 1 aliphatic carbocycles. The van der Waals surface area contributed by atoms with Crippen LogP contribution in [-0.4, -0.2) is 13.2 Å². The maximum Gasteiger partial charge on any atom is 0.119 e. The number of ether oxygens (including phenoxy) is 1. The van der Waals surface area contributed by atoms with E-state index in [9.17, 15) is 0 Å². The molecule has 1 aromatic carbocycles. The van der Waals surface area contributed by atoms with Crippen LogP contribution in [0.25, 0.3) is 0 Å². The number of rotatable bonds is 4. The first kappa shape index (κ1) is 12.9. The van der Waals surface area contributed by atoms with Gasteiger partial charge in [0.15, 0.2) is 0 Å². The van der Waals surface area contributed by atoms with E-state index in [0.29, 0.717) is 6.04 Å². The van der Waals surface area contributed by atoms with Crippen molar-refractivity contribution in [2.24, 2.45) is 5.92 Å². The Labute approximate surface area is 109 Å². The summed E-state index contributed by atoms with van der Waals surface area (Å²) in [6, 6.07) is 11.1. The lowest BCUT2D eigenvalue weighted by molar-refractivity contribution is 0.405. The van der Waals surface area contributed by atoms with Crippen LogP contribution in [0.1, 0.15) is 37.8 Å². The van der Waals surface area contributed by atoms with Gasteiger partial charge in [-0.15, -0.1) is 0 Å². The predicted molar refractivity (Wildman–Crippen MR) is 71.3 cm³/mol. The van der Waals surface area contributed by atoms with Crippen LogP contribution in [0.5, 0.6) is 5.75 Å². The van der Waals surface area contributed by atoms with Crippen molar-refractivity contribution in [3.63, 3.8) is 0 Å². The van der Waals surface area contributed by atoms with Crippen molar-refractivity contribution in [3.05, 3.63) is 29.8 Å². The molecule has 0 heterocycles. The van der Waals surface area contributed by atoms with E-state index in [1.54, 1.807) is 7.11 Å². The van der Waals surface area contributed by atoms with E-state index in [4.69, 9.17) is 10.00 Å². The molecule has 1 N–H and O–H groups in total. The summed E-state index contributed by atoms with van der Waals surface area (Å²) in [5.74, 6) is 1.04. The monoisotopic (exact) mass is 244 g/mol. The van der Waals surface area contributed by atoms with Crippen molar-refractivity contribution in [3.8, 4) is 11.8 Å². The van der Waals surface area contributed by atoms with Crippen molar-refractivity contribution in [2.75, 3.05) is 7.11 Å². The standard InChI is InChI=1S/C15H20N2O/c1-11(12-5-3-7-14(9-12)18-2)17-15-8-4-6-13(15)10-16/h3,5,7,9,11,13,15,17H,4,6,8H2,1-2H3. The largest absolute Gasteiger partial charge is 0.497 e. The van der Waals surface area contributed by atoms with Gasteiger partial charge < -0.3 is 10.1 Å². The number of hydrogen-bond donors (Lipinski definition) is 1. The summed E-state index contributed by atoms with van der Waals surface area (Å²) in [7, 11) is 1.68. The maximum absolute atomic E-state index is 9.09. The second kappa shape index (κ2) is 5.88. The zero-order valence-electron chi connectivity index (χ0n) is 11.0. The minimum absolute atomic E-state index is 0.165. The molecule has 0 aliphatic heterocycles. The highest BCUT2D eigenvalue weighted by Gasteiger charge is 2.28. The van der Waals surface area contributed by atoms with E-state index in [0.717, 1.165) is 25.0 Å². The van der Waals surface area contributed by atoms with Crippen molar-refractivity contribution in [2.45, 2.75) is 38.3 Å². The zero-order valence-corrected chi connectivity index (χ0v) is 11.0. The van der Waals surface area contributed by atoms with Gasteiger partial charge in [0.2, 0.25) is 0 Å². The van der Waals surface area contributed by atoms with Gasteiger partial charge in [-0.25, -0.2) is 0 Å². The molecule has 1 fully saturated rings. The van der Waals surface area contributed by atoms with E-state index in [1.165, 1.54) is 5.56 Å². The van der Waals surface area contributed by atoms with E-state index in [2.05, 4.69) is 24.4 Å². The van der Waals surface area contributed by atoms with E-state index in [1.807, 2.05) is 18.2 Å². The normalized spacial score (nSPS) is 24.5. The van der Waals surface area contributed by atoms with Gasteiger partial charge in [-0.1, -0.05) is 18.6 Å². The van der Waals surface area contributed by atoms with Crippen LogP contribution < -0.4 is 10.1 Å². The Hall–Kier alpha value is -1.53. The van der Waals surface area contributed by atoms with Crippen molar-refractivity contribution >= 4 is 0 Å². The summed E-state index contributed by atoms with van der Waals surface area (Å²) in [5.41, 5.74) is 1.21. The van der Waals surface area contributed by atoms with Gasteiger partial charge in [0, 0.05) is 12.1 Å². The van der Waals surface area contributed by atoms with Gasteiger partial charge in [-0.3, -0.25) is 0 Å². The Balaban J connectivity index is 2.03. The lowest BCUT2D eigenvalue weighted by Gasteiger charge is -2.22. The number of benzene rings is 1. The highest BCUT2D eigenvalue weighted by Crippen LogP contribution is 2.28. The quantitative estimate of drug-likeness (QED) is 0.885. The number of nitrogens with one attached hydrogen (secondary N) is 1. The molecule has 0 spiro atoms. The van der Waals surface area contributed by atoms with Gasteiger partial charge in [0.05, 0.1) is 19.1 Å². The van der Waals surface area contributed by atoms with Gasteiger partial charge in [0.1, 0.15) is 5.75 Å². The van der Waals surface area contributed by atoms with Gasteiger partial charge in [0.25, 0.3) is 0 Å². The number of nitriles is 1. The fraction of sp³-hybridized carbons (Fsp3) is 0.533. The second-order valence-corrected chi connectivity index (χ2v) is 4.94. The number of methoxy groups -OCH3 is 1. The molecular formula is C15H20N2O. The molecule has 3 atom stereocenters. The average Bonchev–Trinajstić information content (AvgIpc) is 2.86. The third-order valence-corrected chi connectivity index (χ3v) is 3.74. The summed E-state index contributed by atoms with van der Waals surface area (Å²) >= 11 is 0. The third kappa shape index (κ3) is 2.83. The topological polar surface area (TPSA) is 45.0 Å². The first-order valence-corrected chi connectivity index (χ1v) is 6.54. The SMILES string of the molecule is COc1cccc(C(C)NC2CCCC2C#N)c1.